The normalized spacial score (nSPS) is 11.6. The highest BCUT2D eigenvalue weighted by molar-refractivity contribution is 5.75. The average molecular weight is 356 g/mol. The third kappa shape index (κ3) is 3.57. The van der Waals surface area contributed by atoms with Gasteiger partial charge in [-0.05, 0) is 37.5 Å². The van der Waals surface area contributed by atoms with Crippen LogP contribution < -0.4 is 9.47 Å². The molecule has 1 unspecified atom stereocenters. The average Bonchev–Trinajstić information content (AvgIpc) is 2.63. The lowest BCUT2D eigenvalue weighted by Crippen LogP contribution is -2.15. The van der Waals surface area contributed by atoms with Gasteiger partial charge in [0.15, 0.2) is 6.10 Å². The molecule has 0 saturated heterocycles. The van der Waals surface area contributed by atoms with E-state index in [2.05, 4.69) is 0 Å². The molecule has 5 heteroatoms. The van der Waals surface area contributed by atoms with Crippen LogP contribution >= 0.6 is 0 Å². The number of hydrogen-bond acceptors (Lipinski definition) is 5. The number of benzene rings is 2. The lowest BCUT2D eigenvalue weighted by molar-refractivity contribution is -0.144. The number of methoxy groups -OCH3 is 2. The van der Waals surface area contributed by atoms with Crippen molar-refractivity contribution in [1.29, 1.82) is 0 Å². The van der Waals surface area contributed by atoms with Crippen molar-refractivity contribution in [3.8, 4) is 11.5 Å². The minimum absolute atomic E-state index is 0.409. The van der Waals surface area contributed by atoms with Crippen molar-refractivity contribution in [3.63, 3.8) is 0 Å². The molecule has 0 aromatic heterocycles. The van der Waals surface area contributed by atoms with Crippen molar-refractivity contribution in [2.45, 2.75) is 33.8 Å². The molecule has 0 aliphatic heterocycles. The standard InChI is InChI=1S/C21H24O5/c1-12-13(2)20(25-6)18(14(3)19(12)24-5)21(26-15(4)23)17-9-7-16(11-22)8-10-17/h7-11,21H,1-6H3. The predicted octanol–water partition coefficient (Wildman–Crippen LogP) is 4.09. The number of rotatable bonds is 6. The summed E-state index contributed by atoms with van der Waals surface area (Å²) in [6, 6.07) is 6.94. The Kier molecular flexibility index (Phi) is 6.03. The van der Waals surface area contributed by atoms with E-state index in [-0.39, 0.29) is 0 Å². The van der Waals surface area contributed by atoms with E-state index in [9.17, 15) is 9.59 Å². The molecule has 2 aromatic rings. The summed E-state index contributed by atoms with van der Waals surface area (Å²) < 4.78 is 16.9. The summed E-state index contributed by atoms with van der Waals surface area (Å²) in [4.78, 5) is 22.7. The summed E-state index contributed by atoms with van der Waals surface area (Å²) in [5, 5.41) is 0. The molecule has 0 spiro atoms. The fraction of sp³-hybridized carbons (Fsp3) is 0.333. The Bertz CT molecular complexity index is 822. The zero-order valence-corrected chi connectivity index (χ0v) is 16.0. The lowest BCUT2D eigenvalue weighted by Gasteiger charge is -2.26. The van der Waals surface area contributed by atoms with Crippen LogP contribution in [0.2, 0.25) is 0 Å². The van der Waals surface area contributed by atoms with E-state index < -0.39 is 12.1 Å². The van der Waals surface area contributed by atoms with E-state index in [0.29, 0.717) is 11.3 Å². The van der Waals surface area contributed by atoms with Gasteiger partial charge >= 0.3 is 5.97 Å². The number of esters is 1. The van der Waals surface area contributed by atoms with Gasteiger partial charge in [0, 0.05) is 23.6 Å². The maximum absolute atomic E-state index is 11.8. The first-order chi connectivity index (χ1) is 12.3. The van der Waals surface area contributed by atoms with Crippen LogP contribution in [0.5, 0.6) is 11.5 Å². The lowest BCUT2D eigenvalue weighted by atomic mass is 9.90. The molecule has 0 amide bonds. The van der Waals surface area contributed by atoms with Gasteiger partial charge in [-0.25, -0.2) is 0 Å². The summed E-state index contributed by atoms with van der Waals surface area (Å²) in [6.07, 6.45) is 0.103. The van der Waals surface area contributed by atoms with Crippen molar-refractivity contribution in [1.82, 2.24) is 0 Å². The highest BCUT2D eigenvalue weighted by Crippen LogP contribution is 2.43. The molecule has 0 aliphatic rings. The van der Waals surface area contributed by atoms with Crippen LogP contribution in [0.4, 0.5) is 0 Å². The van der Waals surface area contributed by atoms with Gasteiger partial charge in [-0.1, -0.05) is 24.3 Å². The van der Waals surface area contributed by atoms with Crippen molar-refractivity contribution in [2.75, 3.05) is 14.2 Å². The van der Waals surface area contributed by atoms with E-state index in [4.69, 9.17) is 14.2 Å². The zero-order valence-electron chi connectivity index (χ0n) is 16.0. The van der Waals surface area contributed by atoms with Crippen LogP contribution in [-0.2, 0) is 9.53 Å². The number of aldehydes is 1. The van der Waals surface area contributed by atoms with Gasteiger partial charge in [0.25, 0.3) is 0 Å². The number of carbonyl (C=O) groups excluding carboxylic acids is 2. The van der Waals surface area contributed by atoms with Gasteiger partial charge in [0.05, 0.1) is 14.2 Å². The molecule has 26 heavy (non-hydrogen) atoms. The summed E-state index contributed by atoms with van der Waals surface area (Å²) >= 11 is 0. The SMILES string of the molecule is COc1c(C)c(C)c(OC)c(C(OC(C)=O)c2ccc(C=O)cc2)c1C. The molecule has 138 valence electrons. The number of hydrogen-bond donors (Lipinski definition) is 0. The van der Waals surface area contributed by atoms with Crippen LogP contribution in [0.25, 0.3) is 0 Å². The van der Waals surface area contributed by atoms with Crippen LogP contribution in [0, 0.1) is 20.8 Å². The Hall–Kier alpha value is -2.82. The van der Waals surface area contributed by atoms with Crippen molar-refractivity contribution < 1.29 is 23.8 Å². The van der Waals surface area contributed by atoms with Crippen molar-refractivity contribution in [3.05, 3.63) is 57.6 Å². The minimum atomic E-state index is -0.670. The van der Waals surface area contributed by atoms with Gasteiger partial charge in [0.2, 0.25) is 0 Å². The smallest absolute Gasteiger partial charge is 0.303 e. The Morgan fingerprint density at radius 3 is 1.92 bits per heavy atom. The van der Waals surface area contributed by atoms with Gasteiger partial charge in [-0.2, -0.15) is 0 Å². The van der Waals surface area contributed by atoms with Crippen molar-refractivity contribution in [2.24, 2.45) is 0 Å². The van der Waals surface area contributed by atoms with E-state index in [1.807, 2.05) is 20.8 Å². The maximum Gasteiger partial charge on any atom is 0.303 e. The third-order valence-corrected chi connectivity index (χ3v) is 4.56. The molecule has 0 saturated carbocycles. The molecule has 5 nitrogen and oxygen atoms in total. The fourth-order valence-corrected chi connectivity index (χ4v) is 3.21. The zero-order chi connectivity index (χ0) is 19.4. The van der Waals surface area contributed by atoms with Crippen LogP contribution in [0.1, 0.15) is 51.2 Å². The van der Waals surface area contributed by atoms with Gasteiger partial charge in [-0.3, -0.25) is 9.59 Å². The molecule has 1 atom stereocenters. The van der Waals surface area contributed by atoms with E-state index >= 15 is 0 Å². The summed E-state index contributed by atoms with van der Waals surface area (Å²) in [5.41, 5.74) is 4.78. The summed E-state index contributed by atoms with van der Waals surface area (Å²) in [7, 11) is 3.21. The first-order valence-electron chi connectivity index (χ1n) is 8.29. The quantitative estimate of drug-likeness (QED) is 0.576. The maximum atomic E-state index is 11.8. The molecule has 0 heterocycles. The van der Waals surface area contributed by atoms with E-state index in [1.165, 1.54) is 6.92 Å². The van der Waals surface area contributed by atoms with Crippen LogP contribution in [-0.4, -0.2) is 26.5 Å². The Balaban J connectivity index is 2.76. The van der Waals surface area contributed by atoms with Crippen LogP contribution in [0.3, 0.4) is 0 Å². The van der Waals surface area contributed by atoms with Crippen molar-refractivity contribution >= 4 is 12.3 Å². The molecule has 0 N–H and O–H groups in total. The highest BCUT2D eigenvalue weighted by atomic mass is 16.5. The monoisotopic (exact) mass is 356 g/mol. The van der Waals surface area contributed by atoms with Crippen LogP contribution in [0.15, 0.2) is 24.3 Å². The molecule has 2 aromatic carbocycles. The summed E-state index contributed by atoms with van der Waals surface area (Å²) in [6.45, 7) is 7.19. The molecular formula is C21H24O5. The first-order valence-corrected chi connectivity index (χ1v) is 8.29. The molecule has 2 rings (SSSR count). The molecule has 0 fully saturated rings. The van der Waals surface area contributed by atoms with E-state index in [1.54, 1.807) is 38.5 Å². The second kappa shape index (κ2) is 8.04. The topological polar surface area (TPSA) is 61.8 Å². The Morgan fingerprint density at radius 1 is 0.923 bits per heavy atom. The van der Waals surface area contributed by atoms with Gasteiger partial charge in [0.1, 0.15) is 17.8 Å². The van der Waals surface area contributed by atoms with E-state index in [0.717, 1.165) is 39.9 Å². The van der Waals surface area contributed by atoms with Gasteiger partial charge < -0.3 is 14.2 Å². The first kappa shape index (κ1) is 19.5. The fourth-order valence-electron chi connectivity index (χ4n) is 3.21. The Labute approximate surface area is 153 Å². The predicted molar refractivity (Wildman–Crippen MR) is 99.2 cm³/mol. The summed E-state index contributed by atoms with van der Waals surface area (Å²) in [5.74, 6) is 0.986. The second-order valence-corrected chi connectivity index (χ2v) is 6.13. The molecular weight excluding hydrogens is 332 g/mol. The molecule has 0 radical (unpaired) electrons. The number of carbonyl (C=O) groups is 2. The number of ether oxygens (including phenoxy) is 3. The molecule has 0 bridgehead atoms. The highest BCUT2D eigenvalue weighted by Gasteiger charge is 2.28. The minimum Gasteiger partial charge on any atom is -0.496 e. The van der Waals surface area contributed by atoms with Gasteiger partial charge in [-0.15, -0.1) is 0 Å². The Morgan fingerprint density at radius 2 is 1.46 bits per heavy atom. The third-order valence-electron chi connectivity index (χ3n) is 4.56. The molecule has 0 aliphatic carbocycles. The second-order valence-electron chi connectivity index (χ2n) is 6.13. The largest absolute Gasteiger partial charge is 0.496 e.